The first-order chi connectivity index (χ1) is 29.4. The van der Waals surface area contributed by atoms with E-state index in [4.69, 9.17) is 10.5 Å². The highest BCUT2D eigenvalue weighted by Gasteiger charge is 2.52. The summed E-state index contributed by atoms with van der Waals surface area (Å²) in [5.41, 5.74) is -13.4. The van der Waals surface area contributed by atoms with Gasteiger partial charge >= 0.3 is 0 Å². The summed E-state index contributed by atoms with van der Waals surface area (Å²) in [5.74, 6) is -71.4. The van der Waals surface area contributed by atoms with E-state index < -0.39 is 144 Å². The third-order valence-corrected chi connectivity index (χ3v) is 9.52. The van der Waals surface area contributed by atoms with Crippen molar-refractivity contribution in [2.45, 2.75) is 13.5 Å². The van der Waals surface area contributed by atoms with Gasteiger partial charge in [0.05, 0.1) is 0 Å². The van der Waals surface area contributed by atoms with Gasteiger partial charge in [0.2, 0.25) is 0 Å². The molecule has 63 heavy (non-hydrogen) atoms. The number of nitriles is 2. The Hall–Kier alpha value is -7.11. The van der Waals surface area contributed by atoms with Gasteiger partial charge in [-0.05, 0) is 18.4 Å². The standard InChI is InChI=1S/C24BF20.C15H12N3/c26-5-1(6(27)14(35)21(42)13(5)34)25(2-7(28)15(36)22(43)16(37)8(2)29,3-9(30)17(38)23(44)18(39)10(3)31)4-11(32)19(40)24(45)20(41)12(4)33;1-12(15(8-16)9-17)10-18-7-6-13-4-2-3-5-14(13)11-18/h;2-7,11H,10H2,1H3/q-1;+1. The van der Waals surface area contributed by atoms with Crippen LogP contribution in [0, 0.1) is 139 Å². The zero-order valence-electron chi connectivity index (χ0n) is 30.2. The van der Waals surface area contributed by atoms with Gasteiger partial charge in [-0.3, -0.25) is 0 Å². The summed E-state index contributed by atoms with van der Waals surface area (Å²) in [7, 11) is 0. The van der Waals surface area contributed by atoms with Gasteiger partial charge in [0.15, 0.2) is 88.7 Å². The fourth-order valence-corrected chi connectivity index (χ4v) is 6.72. The Morgan fingerprint density at radius 1 is 0.413 bits per heavy atom. The van der Waals surface area contributed by atoms with E-state index in [0.29, 0.717) is 6.54 Å². The molecule has 0 N–H and O–H groups in total. The van der Waals surface area contributed by atoms with Crippen molar-refractivity contribution in [1.82, 2.24) is 0 Å². The SMILES string of the molecule is CC(C[n+]1ccc2ccccc2c1)=C(C#N)C#N.Fc1c(F)c(F)c([B-](c2c(F)c(F)c(F)c(F)c2F)(c2c(F)c(F)c(F)c(F)c2F)c2c(F)c(F)c(F)c(F)c2F)c(F)c1F. The molecule has 0 saturated carbocycles. The van der Waals surface area contributed by atoms with Crippen LogP contribution >= 0.6 is 0 Å². The summed E-state index contributed by atoms with van der Waals surface area (Å²) in [5, 5.41) is 19.9. The minimum atomic E-state index is -7.22. The maximum atomic E-state index is 15.4. The van der Waals surface area contributed by atoms with Crippen LogP contribution in [0.4, 0.5) is 87.8 Å². The van der Waals surface area contributed by atoms with E-state index in [1.807, 2.05) is 60.3 Å². The molecule has 0 aliphatic heterocycles. The smallest absolute Gasteiger partial charge is 0.200 e. The van der Waals surface area contributed by atoms with Crippen molar-refractivity contribution >= 4 is 38.8 Å². The van der Waals surface area contributed by atoms with Crippen LogP contribution in [0.1, 0.15) is 6.92 Å². The van der Waals surface area contributed by atoms with E-state index in [0.717, 1.165) is 11.0 Å². The number of allylic oxidation sites excluding steroid dienone is 2. The molecule has 24 heteroatoms. The monoisotopic (exact) mass is 913 g/mol. The van der Waals surface area contributed by atoms with Gasteiger partial charge < -0.3 is 0 Å². The van der Waals surface area contributed by atoms with Crippen LogP contribution in [0.2, 0.25) is 0 Å². The number of pyridine rings is 1. The van der Waals surface area contributed by atoms with E-state index in [-0.39, 0.29) is 5.57 Å². The normalized spacial score (nSPS) is 11.3. The first-order valence-electron chi connectivity index (χ1n) is 16.6. The van der Waals surface area contributed by atoms with E-state index in [2.05, 4.69) is 6.07 Å². The van der Waals surface area contributed by atoms with Gasteiger partial charge in [0, 0.05) is 17.0 Å². The lowest BCUT2D eigenvalue weighted by Gasteiger charge is -2.44. The van der Waals surface area contributed by atoms with Crippen LogP contribution in [0.25, 0.3) is 10.8 Å². The Bertz CT molecular complexity index is 2630. The number of aromatic nitrogens is 1. The average molecular weight is 913 g/mol. The molecule has 0 fully saturated rings. The van der Waals surface area contributed by atoms with Crippen LogP contribution < -0.4 is 26.4 Å². The fraction of sp³-hybridized carbons (Fsp3) is 0.0513. The lowest BCUT2D eigenvalue weighted by molar-refractivity contribution is -0.687. The molecule has 0 atom stereocenters. The highest BCUT2D eigenvalue weighted by atomic mass is 19.2. The summed E-state index contributed by atoms with van der Waals surface area (Å²) >= 11 is 0. The molecule has 0 saturated heterocycles. The van der Waals surface area contributed by atoms with Crippen LogP contribution in [0.5, 0.6) is 0 Å². The van der Waals surface area contributed by atoms with Crippen LogP contribution in [0.15, 0.2) is 53.9 Å². The minimum Gasteiger partial charge on any atom is -0.207 e. The van der Waals surface area contributed by atoms with Gasteiger partial charge in [-0.25, -0.2) is 92.4 Å². The first kappa shape index (κ1) is 47.0. The number of hydrogen-bond acceptors (Lipinski definition) is 2. The van der Waals surface area contributed by atoms with Gasteiger partial charge in [-0.15, -0.1) is 21.9 Å². The molecule has 0 aliphatic carbocycles. The third-order valence-electron chi connectivity index (χ3n) is 9.52. The maximum absolute atomic E-state index is 15.4. The highest BCUT2D eigenvalue weighted by molar-refractivity contribution is 7.20. The summed E-state index contributed by atoms with van der Waals surface area (Å²) in [4.78, 5) is 0. The molecule has 1 aromatic heterocycles. The van der Waals surface area contributed by atoms with Crippen molar-refractivity contribution in [2.75, 3.05) is 0 Å². The van der Waals surface area contributed by atoms with Crippen LogP contribution in [-0.4, -0.2) is 6.15 Å². The molecule has 1 heterocycles. The van der Waals surface area contributed by atoms with E-state index in [1.165, 1.54) is 5.39 Å². The molecule has 326 valence electrons. The molecule has 0 bridgehead atoms. The van der Waals surface area contributed by atoms with Gasteiger partial charge in [-0.2, -0.15) is 10.5 Å². The van der Waals surface area contributed by atoms with E-state index in [1.54, 1.807) is 0 Å². The Labute approximate surface area is 337 Å². The molecule has 0 radical (unpaired) electrons. The van der Waals surface area contributed by atoms with Crippen LogP contribution in [-0.2, 0) is 6.54 Å². The highest BCUT2D eigenvalue weighted by Crippen LogP contribution is 2.31. The summed E-state index contributed by atoms with van der Waals surface area (Å²) in [6, 6.07) is 13.9. The zero-order chi connectivity index (χ0) is 47.3. The second-order valence-corrected chi connectivity index (χ2v) is 12.9. The number of halogens is 20. The maximum Gasteiger partial charge on any atom is 0.200 e. The number of hydrogen-bond donors (Lipinski definition) is 0. The zero-order valence-corrected chi connectivity index (χ0v) is 30.2. The van der Waals surface area contributed by atoms with Crippen molar-refractivity contribution in [3.05, 3.63) is 170 Å². The number of benzene rings is 5. The molecule has 6 rings (SSSR count). The van der Waals surface area contributed by atoms with Crippen molar-refractivity contribution in [2.24, 2.45) is 0 Å². The molecule has 0 unspecified atom stereocenters. The Morgan fingerprint density at radius 2 is 0.667 bits per heavy atom. The number of rotatable bonds is 6. The molecule has 0 spiro atoms. The lowest BCUT2D eigenvalue weighted by Crippen LogP contribution is -2.81. The summed E-state index contributed by atoms with van der Waals surface area (Å²) < 4.78 is 296. The van der Waals surface area contributed by atoms with Crippen molar-refractivity contribution in [3.8, 4) is 12.1 Å². The molecule has 0 aliphatic rings. The van der Waals surface area contributed by atoms with Crippen molar-refractivity contribution < 1.29 is 92.4 Å². The molecule has 6 aromatic rings. The van der Waals surface area contributed by atoms with Crippen molar-refractivity contribution in [3.63, 3.8) is 0 Å². The lowest BCUT2D eigenvalue weighted by atomic mass is 9.12. The molecular formula is C39H12BF20N3. The quantitative estimate of drug-likeness (QED) is 0.0422. The minimum absolute atomic E-state index is 0.190. The number of nitrogens with zero attached hydrogens (tertiary/aromatic N) is 3. The first-order valence-corrected chi connectivity index (χ1v) is 16.6. The topological polar surface area (TPSA) is 51.5 Å². The van der Waals surface area contributed by atoms with E-state index in [9.17, 15) is 52.7 Å². The van der Waals surface area contributed by atoms with Crippen molar-refractivity contribution in [1.29, 1.82) is 10.5 Å². The van der Waals surface area contributed by atoms with Gasteiger partial charge in [-0.1, -0.05) is 18.2 Å². The average Bonchev–Trinajstić information content (AvgIpc) is 3.26. The van der Waals surface area contributed by atoms with Gasteiger partial charge in [0.1, 0.15) is 70.4 Å². The Morgan fingerprint density at radius 3 is 0.937 bits per heavy atom. The predicted octanol–water partition coefficient (Wildman–Crippen LogP) is 8.34. The Balaban J connectivity index is 0.000000345. The van der Waals surface area contributed by atoms with Gasteiger partial charge in [0.25, 0.3) is 0 Å². The largest absolute Gasteiger partial charge is 0.207 e. The summed E-state index contributed by atoms with van der Waals surface area (Å²) in [6.45, 7) is 2.37. The predicted molar refractivity (Wildman–Crippen MR) is 177 cm³/mol. The molecule has 5 aromatic carbocycles. The van der Waals surface area contributed by atoms with E-state index >= 15 is 35.1 Å². The third kappa shape index (κ3) is 7.32. The molecule has 3 nitrogen and oxygen atoms in total. The fourth-order valence-electron chi connectivity index (χ4n) is 6.72. The molecule has 0 amide bonds. The Kier molecular flexibility index (Phi) is 12.9. The summed E-state index contributed by atoms with van der Waals surface area (Å²) in [6.07, 6.45) is -3.24. The number of fused-ring (bicyclic) bond motifs is 1. The molecular weight excluding hydrogens is 901 g/mol. The second-order valence-electron chi connectivity index (χ2n) is 12.9. The van der Waals surface area contributed by atoms with Crippen LogP contribution in [0.3, 0.4) is 0 Å². The second kappa shape index (κ2) is 17.3.